The second-order valence-corrected chi connectivity index (χ2v) is 6.43. The van der Waals surface area contributed by atoms with Crippen LogP contribution in [0.4, 0.5) is 23.7 Å². The van der Waals surface area contributed by atoms with E-state index in [1.54, 1.807) is 4.90 Å². The molecule has 0 atom stereocenters. The first kappa shape index (κ1) is 19.1. The van der Waals surface area contributed by atoms with Crippen molar-refractivity contribution >= 4 is 17.6 Å². The van der Waals surface area contributed by atoms with E-state index in [-0.39, 0.29) is 23.9 Å². The van der Waals surface area contributed by atoms with Crippen LogP contribution in [-0.4, -0.2) is 36.0 Å². The third-order valence-electron chi connectivity index (χ3n) is 4.04. The van der Waals surface area contributed by atoms with Crippen LogP contribution in [0.1, 0.15) is 32.3 Å². The normalized spacial score (nSPS) is 16.0. The van der Waals surface area contributed by atoms with Gasteiger partial charge in [0, 0.05) is 30.7 Å². The van der Waals surface area contributed by atoms with E-state index >= 15 is 0 Å². The van der Waals surface area contributed by atoms with Gasteiger partial charge in [0.15, 0.2) is 0 Å². The molecule has 1 fully saturated rings. The molecule has 25 heavy (non-hydrogen) atoms. The highest BCUT2D eigenvalue weighted by Crippen LogP contribution is 2.30. The topological polar surface area (TPSA) is 61.4 Å². The van der Waals surface area contributed by atoms with Gasteiger partial charge in [-0.2, -0.15) is 13.2 Å². The molecule has 1 aliphatic heterocycles. The zero-order valence-electron chi connectivity index (χ0n) is 14.2. The van der Waals surface area contributed by atoms with Crippen molar-refractivity contribution in [3.05, 3.63) is 29.8 Å². The maximum atomic E-state index is 12.5. The van der Waals surface area contributed by atoms with Crippen molar-refractivity contribution in [2.45, 2.75) is 38.9 Å². The molecule has 1 aromatic carbocycles. The molecular weight excluding hydrogens is 335 g/mol. The Morgan fingerprint density at radius 3 is 2.16 bits per heavy atom. The lowest BCUT2D eigenvalue weighted by atomic mass is 9.96. The summed E-state index contributed by atoms with van der Waals surface area (Å²) in [5.41, 5.74) is -0.423. The number of hydrogen-bond acceptors (Lipinski definition) is 2. The Bertz CT molecular complexity index is 607. The molecular formula is C17H22F3N3O2. The number of urea groups is 1. The number of halogens is 3. The Morgan fingerprint density at radius 2 is 1.68 bits per heavy atom. The van der Waals surface area contributed by atoms with E-state index in [1.807, 2.05) is 13.8 Å². The molecule has 0 aliphatic carbocycles. The van der Waals surface area contributed by atoms with Crippen LogP contribution in [0, 0.1) is 5.92 Å². The van der Waals surface area contributed by atoms with Crippen LogP contribution in [-0.2, 0) is 11.0 Å². The Balaban J connectivity index is 1.85. The molecule has 0 bridgehead atoms. The lowest BCUT2D eigenvalue weighted by molar-refractivity contribution is -0.137. The monoisotopic (exact) mass is 357 g/mol. The number of piperidine rings is 1. The Labute approximate surface area is 144 Å². The second-order valence-electron chi connectivity index (χ2n) is 6.43. The zero-order chi connectivity index (χ0) is 18.6. The number of nitrogens with one attached hydrogen (secondary N) is 2. The van der Waals surface area contributed by atoms with Crippen LogP contribution in [0.5, 0.6) is 0 Å². The number of rotatable bonds is 3. The van der Waals surface area contributed by atoms with Gasteiger partial charge in [0.05, 0.1) is 5.56 Å². The van der Waals surface area contributed by atoms with Gasteiger partial charge >= 0.3 is 12.2 Å². The summed E-state index contributed by atoms with van der Waals surface area (Å²) < 4.78 is 37.6. The molecule has 2 N–H and O–H groups in total. The van der Waals surface area contributed by atoms with E-state index in [9.17, 15) is 22.8 Å². The van der Waals surface area contributed by atoms with Gasteiger partial charge in [-0.25, -0.2) is 4.79 Å². The average molecular weight is 357 g/mol. The Kier molecular flexibility index (Phi) is 5.92. The second kappa shape index (κ2) is 7.76. The van der Waals surface area contributed by atoms with Crippen molar-refractivity contribution in [2.24, 2.45) is 5.92 Å². The van der Waals surface area contributed by atoms with E-state index in [0.717, 1.165) is 12.1 Å². The summed E-state index contributed by atoms with van der Waals surface area (Å²) in [6.45, 7) is 4.71. The highest BCUT2D eigenvalue weighted by Gasteiger charge is 2.30. The molecule has 0 unspecified atom stereocenters. The van der Waals surface area contributed by atoms with E-state index in [2.05, 4.69) is 10.6 Å². The third kappa shape index (κ3) is 5.37. The Hall–Kier alpha value is -2.25. The molecule has 0 spiro atoms. The van der Waals surface area contributed by atoms with Crippen molar-refractivity contribution in [1.29, 1.82) is 0 Å². The van der Waals surface area contributed by atoms with Crippen molar-refractivity contribution in [2.75, 3.05) is 18.4 Å². The van der Waals surface area contributed by atoms with Crippen LogP contribution >= 0.6 is 0 Å². The predicted molar refractivity (Wildman–Crippen MR) is 88.0 cm³/mol. The molecule has 1 aromatic rings. The van der Waals surface area contributed by atoms with Crippen LogP contribution in [0.3, 0.4) is 0 Å². The van der Waals surface area contributed by atoms with Crippen molar-refractivity contribution in [1.82, 2.24) is 10.2 Å². The Morgan fingerprint density at radius 1 is 1.12 bits per heavy atom. The molecule has 1 heterocycles. The van der Waals surface area contributed by atoms with E-state index in [0.29, 0.717) is 31.6 Å². The zero-order valence-corrected chi connectivity index (χ0v) is 14.2. The van der Waals surface area contributed by atoms with Gasteiger partial charge in [0.1, 0.15) is 0 Å². The summed E-state index contributed by atoms with van der Waals surface area (Å²) >= 11 is 0. The molecule has 8 heteroatoms. The first-order chi connectivity index (χ1) is 11.7. The SMILES string of the molecule is CC(C)NC(=O)N1CCC(C(=O)Nc2ccc(C(F)(F)F)cc2)CC1. The lowest BCUT2D eigenvalue weighted by Crippen LogP contribution is -2.47. The molecule has 1 saturated heterocycles. The minimum absolute atomic E-state index is 0.0493. The fourth-order valence-electron chi connectivity index (χ4n) is 2.67. The van der Waals surface area contributed by atoms with Gasteiger partial charge < -0.3 is 15.5 Å². The summed E-state index contributed by atoms with van der Waals surface area (Å²) in [6, 6.07) is 4.27. The summed E-state index contributed by atoms with van der Waals surface area (Å²) in [7, 11) is 0. The number of benzene rings is 1. The molecule has 3 amide bonds. The van der Waals surface area contributed by atoms with Crippen molar-refractivity contribution < 1.29 is 22.8 Å². The highest BCUT2D eigenvalue weighted by molar-refractivity contribution is 5.92. The first-order valence-corrected chi connectivity index (χ1v) is 8.20. The summed E-state index contributed by atoms with van der Waals surface area (Å²) in [4.78, 5) is 25.8. The number of carbonyl (C=O) groups excluding carboxylic acids is 2. The minimum Gasteiger partial charge on any atom is -0.336 e. The fourth-order valence-corrected chi connectivity index (χ4v) is 2.67. The molecule has 138 valence electrons. The van der Waals surface area contributed by atoms with Gasteiger partial charge in [0.2, 0.25) is 5.91 Å². The quantitative estimate of drug-likeness (QED) is 0.870. The smallest absolute Gasteiger partial charge is 0.336 e. The maximum absolute atomic E-state index is 12.5. The predicted octanol–water partition coefficient (Wildman–Crippen LogP) is 3.47. The van der Waals surface area contributed by atoms with Crippen molar-refractivity contribution in [3.8, 4) is 0 Å². The van der Waals surface area contributed by atoms with Crippen LogP contribution in [0.2, 0.25) is 0 Å². The van der Waals surface area contributed by atoms with Gasteiger partial charge in [-0.1, -0.05) is 0 Å². The molecule has 2 rings (SSSR count). The molecule has 0 radical (unpaired) electrons. The summed E-state index contributed by atoms with van der Waals surface area (Å²) in [5, 5.41) is 5.45. The van der Waals surface area contributed by atoms with E-state index < -0.39 is 11.7 Å². The summed E-state index contributed by atoms with van der Waals surface area (Å²) in [5.74, 6) is -0.492. The number of carbonyl (C=O) groups is 2. The minimum atomic E-state index is -4.40. The van der Waals surface area contributed by atoms with Gasteiger partial charge in [0.25, 0.3) is 0 Å². The van der Waals surface area contributed by atoms with E-state index in [1.165, 1.54) is 12.1 Å². The maximum Gasteiger partial charge on any atom is 0.416 e. The van der Waals surface area contributed by atoms with Crippen LogP contribution in [0.25, 0.3) is 0 Å². The fraction of sp³-hybridized carbons (Fsp3) is 0.529. The molecule has 1 aliphatic rings. The van der Waals surface area contributed by atoms with Gasteiger partial charge in [-0.15, -0.1) is 0 Å². The van der Waals surface area contributed by atoms with Crippen molar-refractivity contribution in [3.63, 3.8) is 0 Å². The number of amides is 3. The van der Waals surface area contributed by atoms with Gasteiger partial charge in [-0.05, 0) is 51.0 Å². The number of likely N-dealkylation sites (tertiary alicyclic amines) is 1. The number of alkyl halides is 3. The average Bonchev–Trinajstić information content (AvgIpc) is 2.54. The number of nitrogens with zero attached hydrogens (tertiary/aromatic N) is 1. The number of anilines is 1. The molecule has 0 aromatic heterocycles. The summed E-state index contributed by atoms with van der Waals surface area (Å²) in [6.07, 6.45) is -3.35. The third-order valence-corrected chi connectivity index (χ3v) is 4.04. The lowest BCUT2D eigenvalue weighted by Gasteiger charge is -2.32. The highest BCUT2D eigenvalue weighted by atomic mass is 19.4. The number of hydrogen-bond donors (Lipinski definition) is 2. The standard InChI is InChI=1S/C17H22F3N3O2/c1-11(2)21-16(25)23-9-7-12(8-10-23)15(24)22-14-5-3-13(4-6-14)17(18,19)20/h3-6,11-12H,7-10H2,1-2H3,(H,21,25)(H,22,24). The van der Waals surface area contributed by atoms with E-state index in [4.69, 9.17) is 0 Å². The molecule has 0 saturated carbocycles. The largest absolute Gasteiger partial charge is 0.416 e. The molecule has 5 nitrogen and oxygen atoms in total. The first-order valence-electron chi connectivity index (χ1n) is 8.20. The van der Waals surface area contributed by atoms with Crippen LogP contribution in [0.15, 0.2) is 24.3 Å². The van der Waals surface area contributed by atoms with Crippen LogP contribution < -0.4 is 10.6 Å². The van der Waals surface area contributed by atoms with Gasteiger partial charge in [-0.3, -0.25) is 4.79 Å².